The maximum Gasteiger partial charge on any atom is 0.322 e. The van der Waals surface area contributed by atoms with Crippen LogP contribution in [0.3, 0.4) is 0 Å². The molecule has 1 unspecified atom stereocenters. The summed E-state index contributed by atoms with van der Waals surface area (Å²) in [6.45, 7) is 8.13. The zero-order valence-corrected chi connectivity index (χ0v) is 11.2. The largest absolute Gasteiger partial charge is 0.468 e. The predicted octanol–water partition coefficient (Wildman–Crippen LogP) is 1.26. The van der Waals surface area contributed by atoms with Crippen molar-refractivity contribution in [2.45, 2.75) is 45.7 Å². The van der Waals surface area contributed by atoms with Gasteiger partial charge >= 0.3 is 5.97 Å². The lowest BCUT2D eigenvalue weighted by Gasteiger charge is -2.23. The molecule has 0 aliphatic carbocycles. The van der Waals surface area contributed by atoms with Gasteiger partial charge < -0.3 is 15.0 Å². The monoisotopic (exact) mass is 230 g/mol. The Hall–Kier alpha value is -0.610. The molecule has 0 radical (unpaired) electrons. The van der Waals surface area contributed by atoms with Crippen molar-refractivity contribution in [2.75, 3.05) is 27.2 Å². The van der Waals surface area contributed by atoms with Crippen LogP contribution in [0, 0.1) is 0 Å². The topological polar surface area (TPSA) is 41.6 Å². The minimum atomic E-state index is -0.175. The lowest BCUT2D eigenvalue weighted by Crippen LogP contribution is -2.41. The summed E-state index contributed by atoms with van der Waals surface area (Å²) in [6, 6.07) is 0.329. The van der Waals surface area contributed by atoms with Gasteiger partial charge in [-0.25, -0.2) is 0 Å². The molecule has 0 spiro atoms. The standard InChI is InChI=1S/C12H26N2O2/c1-6-8-13-11(12(15)16-5)7-9-14(4)10(2)3/h10-11,13H,6-9H2,1-5H3. The Morgan fingerprint density at radius 2 is 2.06 bits per heavy atom. The van der Waals surface area contributed by atoms with E-state index in [0.717, 1.165) is 25.9 Å². The highest BCUT2D eigenvalue weighted by Gasteiger charge is 2.18. The minimum Gasteiger partial charge on any atom is -0.468 e. The summed E-state index contributed by atoms with van der Waals surface area (Å²) in [5.74, 6) is -0.161. The summed E-state index contributed by atoms with van der Waals surface area (Å²) in [5.41, 5.74) is 0. The van der Waals surface area contributed by atoms with Crippen molar-refractivity contribution in [3.05, 3.63) is 0 Å². The maximum absolute atomic E-state index is 11.5. The van der Waals surface area contributed by atoms with Gasteiger partial charge in [-0.3, -0.25) is 4.79 Å². The molecule has 4 heteroatoms. The molecule has 0 bridgehead atoms. The molecule has 0 aliphatic heterocycles. The Morgan fingerprint density at radius 3 is 2.50 bits per heavy atom. The van der Waals surface area contributed by atoms with E-state index in [2.05, 4.69) is 38.0 Å². The first-order valence-electron chi connectivity index (χ1n) is 6.04. The van der Waals surface area contributed by atoms with Crippen LogP contribution in [0.25, 0.3) is 0 Å². The van der Waals surface area contributed by atoms with E-state index in [9.17, 15) is 4.79 Å². The number of ether oxygens (including phenoxy) is 1. The van der Waals surface area contributed by atoms with Gasteiger partial charge in [0, 0.05) is 12.6 Å². The number of nitrogens with zero attached hydrogens (tertiary/aromatic N) is 1. The average molecular weight is 230 g/mol. The molecular formula is C12H26N2O2. The lowest BCUT2D eigenvalue weighted by atomic mass is 10.2. The molecule has 96 valence electrons. The van der Waals surface area contributed by atoms with Gasteiger partial charge in [0.2, 0.25) is 0 Å². The van der Waals surface area contributed by atoms with E-state index in [-0.39, 0.29) is 12.0 Å². The first-order valence-corrected chi connectivity index (χ1v) is 6.04. The van der Waals surface area contributed by atoms with E-state index in [0.29, 0.717) is 6.04 Å². The van der Waals surface area contributed by atoms with Crippen molar-refractivity contribution < 1.29 is 9.53 Å². The number of hydrogen-bond acceptors (Lipinski definition) is 4. The molecule has 0 heterocycles. The van der Waals surface area contributed by atoms with E-state index < -0.39 is 0 Å². The summed E-state index contributed by atoms with van der Waals surface area (Å²) in [4.78, 5) is 13.7. The molecule has 1 N–H and O–H groups in total. The molecule has 0 aromatic rings. The van der Waals surface area contributed by atoms with Gasteiger partial charge in [0.25, 0.3) is 0 Å². The lowest BCUT2D eigenvalue weighted by molar-refractivity contribution is -0.143. The predicted molar refractivity (Wildman–Crippen MR) is 66.5 cm³/mol. The van der Waals surface area contributed by atoms with Crippen molar-refractivity contribution in [3.63, 3.8) is 0 Å². The highest BCUT2D eigenvalue weighted by Crippen LogP contribution is 2.01. The van der Waals surface area contributed by atoms with Gasteiger partial charge in [-0.2, -0.15) is 0 Å². The molecular weight excluding hydrogens is 204 g/mol. The number of rotatable bonds is 8. The molecule has 16 heavy (non-hydrogen) atoms. The van der Waals surface area contributed by atoms with Crippen LogP contribution in [0.15, 0.2) is 0 Å². The molecule has 0 aromatic carbocycles. The van der Waals surface area contributed by atoms with Crippen LogP contribution in [-0.4, -0.2) is 50.2 Å². The number of nitrogens with one attached hydrogen (secondary N) is 1. The van der Waals surface area contributed by atoms with Gasteiger partial charge in [-0.15, -0.1) is 0 Å². The zero-order valence-electron chi connectivity index (χ0n) is 11.2. The Labute approximate surface area is 99.3 Å². The van der Waals surface area contributed by atoms with Gasteiger partial charge in [0.1, 0.15) is 6.04 Å². The minimum absolute atomic E-state index is 0.161. The van der Waals surface area contributed by atoms with Crippen molar-refractivity contribution in [1.29, 1.82) is 0 Å². The second-order valence-electron chi connectivity index (χ2n) is 4.39. The molecule has 1 atom stereocenters. The van der Waals surface area contributed by atoms with E-state index >= 15 is 0 Å². The van der Waals surface area contributed by atoms with Crippen LogP contribution in [0.1, 0.15) is 33.6 Å². The quantitative estimate of drug-likeness (QED) is 0.637. The third kappa shape index (κ3) is 6.08. The van der Waals surface area contributed by atoms with E-state index in [1.807, 2.05) is 0 Å². The molecule has 0 amide bonds. The number of hydrogen-bond donors (Lipinski definition) is 1. The van der Waals surface area contributed by atoms with Gasteiger partial charge in [0.05, 0.1) is 7.11 Å². The van der Waals surface area contributed by atoms with Crippen LogP contribution in [-0.2, 0) is 9.53 Å². The van der Waals surface area contributed by atoms with Crippen molar-refractivity contribution in [2.24, 2.45) is 0 Å². The highest BCUT2D eigenvalue weighted by atomic mass is 16.5. The van der Waals surface area contributed by atoms with E-state index in [1.54, 1.807) is 0 Å². The van der Waals surface area contributed by atoms with Gasteiger partial charge in [-0.05, 0) is 40.3 Å². The Balaban J connectivity index is 4.05. The molecule has 0 fully saturated rings. The smallest absolute Gasteiger partial charge is 0.322 e. The average Bonchev–Trinajstić information content (AvgIpc) is 2.27. The van der Waals surface area contributed by atoms with Crippen LogP contribution in [0.4, 0.5) is 0 Å². The summed E-state index contributed by atoms with van der Waals surface area (Å²) in [5, 5.41) is 3.21. The van der Waals surface area contributed by atoms with Crippen molar-refractivity contribution in [3.8, 4) is 0 Å². The molecule has 0 rings (SSSR count). The number of methoxy groups -OCH3 is 1. The van der Waals surface area contributed by atoms with Crippen LogP contribution in [0.5, 0.6) is 0 Å². The molecule has 0 aliphatic rings. The summed E-state index contributed by atoms with van der Waals surface area (Å²) < 4.78 is 4.78. The second-order valence-corrected chi connectivity index (χ2v) is 4.39. The normalized spacial score (nSPS) is 13.2. The first-order chi connectivity index (χ1) is 7.52. The highest BCUT2D eigenvalue weighted by molar-refractivity contribution is 5.75. The van der Waals surface area contributed by atoms with Crippen molar-refractivity contribution in [1.82, 2.24) is 10.2 Å². The molecule has 0 saturated heterocycles. The molecule has 4 nitrogen and oxygen atoms in total. The van der Waals surface area contributed by atoms with Gasteiger partial charge in [0.15, 0.2) is 0 Å². The zero-order chi connectivity index (χ0) is 12.6. The SMILES string of the molecule is CCCNC(CCN(C)C(C)C)C(=O)OC. The maximum atomic E-state index is 11.5. The number of carbonyl (C=O) groups is 1. The Morgan fingerprint density at radius 1 is 1.44 bits per heavy atom. The Kier molecular flexibility index (Phi) is 8.21. The Bertz CT molecular complexity index is 195. The first kappa shape index (κ1) is 15.4. The fourth-order valence-electron chi connectivity index (χ4n) is 1.36. The number of esters is 1. The van der Waals surface area contributed by atoms with Crippen LogP contribution < -0.4 is 5.32 Å². The second kappa shape index (κ2) is 8.53. The van der Waals surface area contributed by atoms with E-state index in [1.165, 1.54) is 7.11 Å². The van der Waals surface area contributed by atoms with Gasteiger partial charge in [-0.1, -0.05) is 6.92 Å². The fraction of sp³-hybridized carbons (Fsp3) is 0.917. The van der Waals surface area contributed by atoms with Crippen LogP contribution >= 0.6 is 0 Å². The number of carbonyl (C=O) groups excluding carboxylic acids is 1. The summed E-state index contributed by atoms with van der Waals surface area (Å²) >= 11 is 0. The third-order valence-corrected chi connectivity index (χ3v) is 2.78. The fourth-order valence-corrected chi connectivity index (χ4v) is 1.36. The van der Waals surface area contributed by atoms with E-state index in [4.69, 9.17) is 4.74 Å². The third-order valence-electron chi connectivity index (χ3n) is 2.78. The van der Waals surface area contributed by atoms with Crippen LogP contribution in [0.2, 0.25) is 0 Å². The summed E-state index contributed by atoms with van der Waals surface area (Å²) in [6.07, 6.45) is 1.81. The summed E-state index contributed by atoms with van der Waals surface area (Å²) in [7, 11) is 3.51. The van der Waals surface area contributed by atoms with Crippen molar-refractivity contribution >= 4 is 5.97 Å². The molecule has 0 saturated carbocycles. The molecule has 0 aromatic heterocycles.